The number of alkyl halides is 3. The van der Waals surface area contributed by atoms with E-state index in [2.05, 4.69) is 4.99 Å². The van der Waals surface area contributed by atoms with Crippen LogP contribution < -0.4 is 0 Å². The fraction of sp³-hybridized carbons (Fsp3) is 0.400. The molecule has 10 heavy (non-hydrogen) atoms. The van der Waals surface area contributed by atoms with E-state index in [1.54, 1.807) is 0 Å². The molecule has 0 saturated carbocycles. The summed E-state index contributed by atoms with van der Waals surface area (Å²) in [4.78, 5) is 3.74. The van der Waals surface area contributed by atoms with Gasteiger partial charge in [-0.15, -0.1) is 0 Å². The number of hydrogen-bond acceptors (Lipinski definition) is 1. The van der Waals surface area contributed by atoms with Crippen LogP contribution in [0.25, 0.3) is 0 Å². The number of halogens is 4. The van der Waals surface area contributed by atoms with Crippen molar-refractivity contribution in [3.8, 4) is 0 Å². The molecule has 0 aromatic carbocycles. The van der Waals surface area contributed by atoms with E-state index in [1.165, 1.54) is 12.3 Å². The first kappa shape index (κ1) is 8.66. The summed E-state index contributed by atoms with van der Waals surface area (Å²) in [5.41, 5.74) is -0.535. The maximum absolute atomic E-state index is 5.63. The molecule has 0 N–H and O–H groups in total. The Morgan fingerprint density at radius 3 is 2.50 bits per heavy atom. The van der Waals surface area contributed by atoms with Crippen LogP contribution in [0.3, 0.4) is 0 Å². The number of hydrogen-bond donors (Lipinski definition) is 0. The van der Waals surface area contributed by atoms with Crippen molar-refractivity contribution in [2.24, 2.45) is 4.99 Å². The standard InChI is InChI=1S/C5H3Cl4N/c6-3-1-5(8,9)2-10-4(3)7/h1-2,4H. The van der Waals surface area contributed by atoms with E-state index in [1.807, 2.05) is 0 Å². The molecule has 0 aromatic rings. The Morgan fingerprint density at radius 1 is 1.50 bits per heavy atom. The van der Waals surface area contributed by atoms with E-state index in [-0.39, 0.29) is 0 Å². The van der Waals surface area contributed by atoms with Gasteiger partial charge in [0.05, 0.1) is 5.03 Å². The van der Waals surface area contributed by atoms with E-state index in [0.717, 1.165) is 0 Å². The minimum absolute atomic E-state index is 0.356. The van der Waals surface area contributed by atoms with Gasteiger partial charge >= 0.3 is 0 Å². The van der Waals surface area contributed by atoms with Gasteiger partial charge in [0.15, 0.2) is 9.83 Å². The normalized spacial score (nSPS) is 30.0. The summed E-state index contributed by atoms with van der Waals surface area (Å²) in [7, 11) is 0. The molecule has 1 atom stereocenters. The van der Waals surface area contributed by atoms with E-state index in [0.29, 0.717) is 5.03 Å². The quantitative estimate of drug-likeness (QED) is 0.438. The number of nitrogens with zero attached hydrogens (tertiary/aromatic N) is 1. The summed E-state index contributed by atoms with van der Waals surface area (Å²) in [6.45, 7) is 0. The molecule has 0 saturated heterocycles. The second kappa shape index (κ2) is 2.90. The highest BCUT2D eigenvalue weighted by Gasteiger charge is 2.25. The maximum atomic E-state index is 5.63. The molecule has 1 aliphatic heterocycles. The minimum Gasteiger partial charge on any atom is -0.269 e. The molecule has 1 heterocycles. The third-order valence-electron chi connectivity index (χ3n) is 0.935. The molecule has 1 nitrogen and oxygen atoms in total. The Morgan fingerprint density at radius 2 is 2.10 bits per heavy atom. The van der Waals surface area contributed by atoms with Crippen LogP contribution in [-0.2, 0) is 0 Å². The van der Waals surface area contributed by atoms with Gasteiger partial charge in [-0.05, 0) is 6.08 Å². The summed E-state index contributed by atoms with van der Waals surface area (Å²) < 4.78 is -1.09. The molecule has 0 aromatic heterocycles. The van der Waals surface area contributed by atoms with Gasteiger partial charge in [-0.1, -0.05) is 46.4 Å². The molecule has 5 heteroatoms. The smallest absolute Gasteiger partial charge is 0.172 e. The van der Waals surface area contributed by atoms with E-state index in [4.69, 9.17) is 46.4 Å². The third-order valence-corrected chi connectivity index (χ3v) is 2.12. The Kier molecular flexibility index (Phi) is 2.51. The van der Waals surface area contributed by atoms with Crippen LogP contribution in [0.1, 0.15) is 0 Å². The first-order chi connectivity index (χ1) is 4.51. The van der Waals surface area contributed by atoms with E-state index >= 15 is 0 Å². The average molecular weight is 219 g/mol. The lowest BCUT2D eigenvalue weighted by atomic mass is 10.3. The molecule has 0 bridgehead atoms. The van der Waals surface area contributed by atoms with Crippen LogP contribution in [0.2, 0.25) is 0 Å². The van der Waals surface area contributed by atoms with E-state index in [9.17, 15) is 0 Å². The largest absolute Gasteiger partial charge is 0.269 e. The van der Waals surface area contributed by atoms with Crippen molar-refractivity contribution < 1.29 is 0 Å². The van der Waals surface area contributed by atoms with Crippen molar-refractivity contribution in [2.45, 2.75) is 9.83 Å². The summed E-state index contributed by atoms with van der Waals surface area (Å²) in [6.07, 6.45) is 2.79. The first-order valence-electron chi connectivity index (χ1n) is 2.46. The fourth-order valence-electron chi connectivity index (χ4n) is 0.526. The molecule has 1 rings (SSSR count). The van der Waals surface area contributed by atoms with Gasteiger partial charge in [-0.3, -0.25) is 4.99 Å². The summed E-state index contributed by atoms with van der Waals surface area (Å²) in [6, 6.07) is 0. The lowest BCUT2D eigenvalue weighted by Gasteiger charge is -2.16. The molecule has 1 unspecified atom stereocenters. The van der Waals surface area contributed by atoms with Crippen LogP contribution in [0.15, 0.2) is 16.1 Å². The molecule has 1 aliphatic rings. The monoisotopic (exact) mass is 217 g/mol. The zero-order valence-corrected chi connectivity index (χ0v) is 7.71. The Hall–Kier alpha value is 0.570. The molecule has 0 spiro atoms. The summed E-state index contributed by atoms with van der Waals surface area (Å²) >= 11 is 22.4. The average Bonchev–Trinajstić information content (AvgIpc) is 1.79. The molecule has 0 fully saturated rings. The van der Waals surface area contributed by atoms with Gasteiger partial charge in [0.25, 0.3) is 0 Å². The predicted octanol–water partition coefficient (Wildman–Crippen LogP) is 2.93. The van der Waals surface area contributed by atoms with Crippen LogP contribution >= 0.6 is 46.4 Å². The van der Waals surface area contributed by atoms with Gasteiger partial charge in [0.2, 0.25) is 0 Å². The van der Waals surface area contributed by atoms with Crippen molar-refractivity contribution >= 4 is 52.6 Å². The van der Waals surface area contributed by atoms with Crippen LogP contribution in [0.5, 0.6) is 0 Å². The van der Waals surface area contributed by atoms with Crippen LogP contribution in [0.4, 0.5) is 0 Å². The number of allylic oxidation sites excluding steroid dienone is 1. The summed E-state index contributed by atoms with van der Waals surface area (Å²) in [5.74, 6) is 0. The van der Waals surface area contributed by atoms with Gasteiger partial charge in [-0.25, -0.2) is 0 Å². The minimum atomic E-state index is -1.09. The van der Waals surface area contributed by atoms with Crippen LogP contribution in [-0.4, -0.2) is 16.0 Å². The number of dihydropyridines is 1. The van der Waals surface area contributed by atoms with Crippen molar-refractivity contribution in [2.75, 3.05) is 0 Å². The molecule has 0 radical (unpaired) electrons. The highest BCUT2D eigenvalue weighted by atomic mass is 35.5. The van der Waals surface area contributed by atoms with Gasteiger partial charge in [0.1, 0.15) is 0 Å². The first-order valence-corrected chi connectivity index (χ1v) is 4.03. The Labute approximate surface area is 78.6 Å². The molecule has 0 aliphatic carbocycles. The molecular formula is C5H3Cl4N. The zero-order valence-electron chi connectivity index (χ0n) is 4.69. The Balaban J connectivity index is 2.85. The van der Waals surface area contributed by atoms with Crippen molar-refractivity contribution in [3.63, 3.8) is 0 Å². The number of aliphatic imine (C=N–C) groups is 1. The van der Waals surface area contributed by atoms with Crippen molar-refractivity contribution in [1.82, 2.24) is 0 Å². The zero-order chi connectivity index (χ0) is 7.78. The lowest BCUT2D eigenvalue weighted by molar-refractivity contribution is 1.07. The maximum Gasteiger partial charge on any atom is 0.172 e. The predicted molar refractivity (Wildman–Crippen MR) is 46.5 cm³/mol. The highest BCUT2D eigenvalue weighted by Crippen LogP contribution is 2.30. The van der Waals surface area contributed by atoms with Gasteiger partial charge < -0.3 is 0 Å². The highest BCUT2D eigenvalue weighted by molar-refractivity contribution is 6.58. The molecule has 0 amide bonds. The summed E-state index contributed by atoms with van der Waals surface area (Å²) in [5, 5.41) is 0.356. The molecular weight excluding hydrogens is 216 g/mol. The SMILES string of the molecule is ClC1=CC(Cl)(Cl)C=NC1Cl. The second-order valence-corrected chi connectivity index (χ2v) is 4.11. The van der Waals surface area contributed by atoms with E-state index < -0.39 is 9.83 Å². The molecule has 56 valence electrons. The number of rotatable bonds is 0. The lowest BCUT2D eigenvalue weighted by Crippen LogP contribution is -2.18. The van der Waals surface area contributed by atoms with Gasteiger partial charge in [0, 0.05) is 6.21 Å². The second-order valence-electron chi connectivity index (χ2n) is 1.82. The fourth-order valence-corrected chi connectivity index (χ4v) is 1.33. The van der Waals surface area contributed by atoms with Crippen molar-refractivity contribution in [1.29, 1.82) is 0 Å². The van der Waals surface area contributed by atoms with Crippen molar-refractivity contribution in [3.05, 3.63) is 11.1 Å². The Bertz CT molecular complexity index is 196. The third kappa shape index (κ3) is 2.03. The topological polar surface area (TPSA) is 12.4 Å². The van der Waals surface area contributed by atoms with Gasteiger partial charge in [-0.2, -0.15) is 0 Å². The van der Waals surface area contributed by atoms with Crippen LogP contribution in [0, 0.1) is 0 Å².